The van der Waals surface area contributed by atoms with E-state index in [1.54, 1.807) is 7.11 Å². The van der Waals surface area contributed by atoms with Crippen LogP contribution >= 0.6 is 11.8 Å². The van der Waals surface area contributed by atoms with Gasteiger partial charge in [0.25, 0.3) is 0 Å². The monoisotopic (exact) mass is 297 g/mol. The molecule has 3 heteroatoms. The van der Waals surface area contributed by atoms with Crippen LogP contribution < -0.4 is 4.74 Å². The lowest BCUT2D eigenvalue weighted by atomic mass is 10.1. The third-order valence-corrected chi connectivity index (χ3v) is 4.97. The van der Waals surface area contributed by atoms with Crippen LogP contribution in [-0.4, -0.2) is 12.1 Å². The van der Waals surface area contributed by atoms with Crippen LogP contribution in [0.5, 0.6) is 5.75 Å². The number of ether oxygens (including phenoxy) is 1. The third-order valence-electron chi connectivity index (χ3n) is 3.81. The SMILES string of the molecule is CCc1ccccc1Sc1c[nH]c2ccc(OC)c(C)c12. The molecule has 0 spiro atoms. The van der Waals surface area contributed by atoms with E-state index >= 15 is 0 Å². The minimum Gasteiger partial charge on any atom is -0.496 e. The Morgan fingerprint density at radius 2 is 1.90 bits per heavy atom. The van der Waals surface area contributed by atoms with Gasteiger partial charge in [-0.2, -0.15) is 0 Å². The fraction of sp³-hybridized carbons (Fsp3) is 0.222. The predicted molar refractivity (Wildman–Crippen MR) is 89.5 cm³/mol. The van der Waals surface area contributed by atoms with E-state index < -0.39 is 0 Å². The highest BCUT2D eigenvalue weighted by atomic mass is 32.2. The molecule has 0 radical (unpaired) electrons. The Balaban J connectivity index is 2.09. The van der Waals surface area contributed by atoms with E-state index in [2.05, 4.69) is 55.4 Å². The molecule has 0 aliphatic rings. The molecule has 3 aromatic rings. The second-order valence-corrected chi connectivity index (χ2v) is 6.12. The van der Waals surface area contributed by atoms with Gasteiger partial charge >= 0.3 is 0 Å². The first-order chi connectivity index (χ1) is 10.2. The molecule has 108 valence electrons. The molecular formula is C18H19NOS. The van der Waals surface area contributed by atoms with E-state index in [1.165, 1.54) is 26.3 Å². The molecule has 1 aromatic heterocycles. The molecular weight excluding hydrogens is 278 g/mol. The van der Waals surface area contributed by atoms with Crippen molar-refractivity contribution in [2.24, 2.45) is 0 Å². The number of benzene rings is 2. The van der Waals surface area contributed by atoms with E-state index in [0.29, 0.717) is 0 Å². The van der Waals surface area contributed by atoms with Crippen molar-refractivity contribution in [2.45, 2.75) is 30.1 Å². The zero-order chi connectivity index (χ0) is 14.8. The van der Waals surface area contributed by atoms with Gasteiger partial charge in [0, 0.05) is 32.5 Å². The zero-order valence-electron chi connectivity index (χ0n) is 12.6. The summed E-state index contributed by atoms with van der Waals surface area (Å²) in [4.78, 5) is 5.94. The number of fused-ring (bicyclic) bond motifs is 1. The van der Waals surface area contributed by atoms with Crippen LogP contribution in [0.3, 0.4) is 0 Å². The van der Waals surface area contributed by atoms with Crippen LogP contribution in [0.15, 0.2) is 52.4 Å². The Bertz CT molecular complexity index is 776. The Morgan fingerprint density at radius 1 is 1.10 bits per heavy atom. The predicted octanol–water partition coefficient (Wildman–Crippen LogP) is 5.20. The maximum atomic E-state index is 5.45. The smallest absolute Gasteiger partial charge is 0.122 e. The number of methoxy groups -OCH3 is 1. The van der Waals surface area contributed by atoms with Gasteiger partial charge in [-0.3, -0.25) is 0 Å². The van der Waals surface area contributed by atoms with Crippen molar-refractivity contribution in [3.05, 3.63) is 53.7 Å². The average molecular weight is 297 g/mol. The molecule has 1 N–H and O–H groups in total. The van der Waals surface area contributed by atoms with Gasteiger partial charge in [-0.15, -0.1) is 0 Å². The Kier molecular flexibility index (Phi) is 3.93. The molecule has 0 saturated heterocycles. The van der Waals surface area contributed by atoms with Gasteiger partial charge in [0.05, 0.1) is 7.11 Å². The molecule has 0 bridgehead atoms. The second kappa shape index (κ2) is 5.86. The summed E-state index contributed by atoms with van der Waals surface area (Å²) in [6.07, 6.45) is 3.14. The molecule has 21 heavy (non-hydrogen) atoms. The topological polar surface area (TPSA) is 25.0 Å². The number of H-pyrrole nitrogens is 1. The standard InChI is InChI=1S/C18H19NOS/c1-4-13-7-5-6-8-16(13)21-17-11-19-14-9-10-15(20-3)12(2)18(14)17/h5-11,19H,4H2,1-3H3. The normalized spacial score (nSPS) is 11.0. The molecule has 0 amide bonds. The largest absolute Gasteiger partial charge is 0.496 e. The molecule has 1 heterocycles. The number of aromatic nitrogens is 1. The number of aromatic amines is 1. The first-order valence-electron chi connectivity index (χ1n) is 7.15. The van der Waals surface area contributed by atoms with Crippen molar-refractivity contribution in [1.29, 1.82) is 0 Å². The first kappa shape index (κ1) is 14.1. The van der Waals surface area contributed by atoms with Gasteiger partial charge < -0.3 is 9.72 Å². The van der Waals surface area contributed by atoms with Crippen molar-refractivity contribution in [3.63, 3.8) is 0 Å². The van der Waals surface area contributed by atoms with Crippen molar-refractivity contribution in [2.75, 3.05) is 7.11 Å². The highest BCUT2D eigenvalue weighted by Gasteiger charge is 2.12. The highest BCUT2D eigenvalue weighted by Crippen LogP contribution is 2.39. The lowest BCUT2D eigenvalue weighted by Gasteiger charge is -2.09. The quantitative estimate of drug-likeness (QED) is 0.716. The van der Waals surface area contributed by atoms with Crippen LogP contribution in [0, 0.1) is 6.92 Å². The molecule has 0 aliphatic heterocycles. The zero-order valence-corrected chi connectivity index (χ0v) is 13.4. The van der Waals surface area contributed by atoms with Gasteiger partial charge in [0.15, 0.2) is 0 Å². The lowest BCUT2D eigenvalue weighted by molar-refractivity contribution is 0.412. The summed E-state index contributed by atoms with van der Waals surface area (Å²) >= 11 is 1.82. The molecule has 2 aromatic carbocycles. The van der Waals surface area contributed by atoms with Crippen molar-refractivity contribution >= 4 is 22.7 Å². The summed E-state index contributed by atoms with van der Waals surface area (Å²) < 4.78 is 5.45. The van der Waals surface area contributed by atoms with Crippen LogP contribution in [0.1, 0.15) is 18.1 Å². The fourth-order valence-electron chi connectivity index (χ4n) is 2.66. The van der Waals surface area contributed by atoms with E-state index in [-0.39, 0.29) is 0 Å². The summed E-state index contributed by atoms with van der Waals surface area (Å²) in [5.41, 5.74) is 3.73. The number of rotatable bonds is 4. The molecule has 0 atom stereocenters. The Hall–Kier alpha value is -1.87. The minimum atomic E-state index is 0.938. The van der Waals surface area contributed by atoms with Crippen LogP contribution in [-0.2, 0) is 6.42 Å². The summed E-state index contributed by atoms with van der Waals surface area (Å²) in [5, 5.41) is 1.25. The van der Waals surface area contributed by atoms with Gasteiger partial charge in [0.1, 0.15) is 5.75 Å². The van der Waals surface area contributed by atoms with E-state index in [1.807, 2.05) is 17.8 Å². The molecule has 2 nitrogen and oxygen atoms in total. The summed E-state index contributed by atoms with van der Waals surface area (Å²) in [6.45, 7) is 4.31. The number of nitrogens with one attached hydrogen (secondary N) is 1. The summed E-state index contributed by atoms with van der Waals surface area (Å²) in [5.74, 6) is 0.938. The summed E-state index contributed by atoms with van der Waals surface area (Å²) in [6, 6.07) is 12.7. The van der Waals surface area contributed by atoms with Crippen molar-refractivity contribution in [3.8, 4) is 5.75 Å². The van der Waals surface area contributed by atoms with Gasteiger partial charge in [-0.25, -0.2) is 0 Å². The Labute approximate surface area is 129 Å². The first-order valence-corrected chi connectivity index (χ1v) is 7.96. The molecule has 0 saturated carbocycles. The van der Waals surface area contributed by atoms with E-state index in [9.17, 15) is 0 Å². The van der Waals surface area contributed by atoms with Gasteiger partial charge in [-0.05, 0) is 37.1 Å². The molecule has 0 aliphatic carbocycles. The van der Waals surface area contributed by atoms with Crippen LogP contribution in [0.4, 0.5) is 0 Å². The molecule has 0 fully saturated rings. The number of hydrogen-bond donors (Lipinski definition) is 1. The number of aryl methyl sites for hydroxylation is 2. The van der Waals surface area contributed by atoms with Gasteiger partial charge in [-0.1, -0.05) is 36.9 Å². The maximum absolute atomic E-state index is 5.45. The maximum Gasteiger partial charge on any atom is 0.122 e. The van der Waals surface area contributed by atoms with Crippen LogP contribution in [0.2, 0.25) is 0 Å². The minimum absolute atomic E-state index is 0.938. The van der Waals surface area contributed by atoms with E-state index in [0.717, 1.165) is 17.7 Å². The average Bonchev–Trinajstić information content (AvgIpc) is 2.92. The highest BCUT2D eigenvalue weighted by molar-refractivity contribution is 7.99. The molecule has 0 unspecified atom stereocenters. The van der Waals surface area contributed by atoms with Crippen LogP contribution in [0.25, 0.3) is 10.9 Å². The number of hydrogen-bond acceptors (Lipinski definition) is 2. The van der Waals surface area contributed by atoms with Crippen molar-refractivity contribution < 1.29 is 4.74 Å². The van der Waals surface area contributed by atoms with Gasteiger partial charge in [0.2, 0.25) is 0 Å². The molecule has 3 rings (SSSR count). The third kappa shape index (κ3) is 2.54. The lowest BCUT2D eigenvalue weighted by Crippen LogP contribution is -1.88. The Morgan fingerprint density at radius 3 is 2.67 bits per heavy atom. The fourth-order valence-corrected chi connectivity index (χ4v) is 3.87. The second-order valence-electron chi connectivity index (χ2n) is 5.03. The summed E-state index contributed by atoms with van der Waals surface area (Å²) in [7, 11) is 1.72. The van der Waals surface area contributed by atoms with E-state index in [4.69, 9.17) is 4.74 Å². The van der Waals surface area contributed by atoms with Crippen molar-refractivity contribution in [1.82, 2.24) is 4.98 Å².